The Morgan fingerprint density at radius 3 is 1.96 bits per heavy atom. The van der Waals surface area contributed by atoms with Gasteiger partial charge in [-0.05, 0) is 0 Å². The van der Waals surface area contributed by atoms with E-state index in [9.17, 15) is 13.2 Å². The lowest BCUT2D eigenvalue weighted by molar-refractivity contribution is -0.306. The van der Waals surface area contributed by atoms with Gasteiger partial charge in [0, 0.05) is 20.6 Å². The van der Waals surface area contributed by atoms with Crippen LogP contribution < -0.4 is 0 Å². The third kappa shape index (κ3) is 10.8. The number of hydrogen-bond acceptors (Lipinski definition) is 8. The first-order valence-corrected chi connectivity index (χ1v) is 6.65. The summed E-state index contributed by atoms with van der Waals surface area (Å²) < 4.78 is 67.7. The van der Waals surface area contributed by atoms with Crippen molar-refractivity contribution < 1.29 is 51.8 Å². The molecule has 140 valence electrons. The van der Waals surface area contributed by atoms with Gasteiger partial charge in [-0.25, -0.2) is 0 Å². The Bertz CT molecular complexity index is 274. The second-order valence-corrected chi connectivity index (χ2v) is 4.17. The van der Waals surface area contributed by atoms with Gasteiger partial charge >= 0.3 is 6.18 Å². The van der Waals surface area contributed by atoms with Gasteiger partial charge in [0.2, 0.25) is 0 Å². The maximum atomic E-state index is 13.1. The molecule has 2 N–H and O–H groups in total. The molecule has 0 rings (SSSR count). The zero-order chi connectivity index (χ0) is 17.7. The van der Waals surface area contributed by atoms with Crippen LogP contribution in [0.1, 0.15) is 6.42 Å². The highest BCUT2D eigenvalue weighted by Crippen LogP contribution is 2.28. The van der Waals surface area contributed by atoms with E-state index in [1.165, 1.54) is 14.2 Å². The molecule has 0 aliphatic carbocycles. The molecule has 0 amide bonds. The summed E-state index contributed by atoms with van der Waals surface area (Å²) in [6.07, 6.45) is -10.6. The summed E-state index contributed by atoms with van der Waals surface area (Å²) in [6.45, 7) is -1.86. The summed E-state index contributed by atoms with van der Waals surface area (Å²) in [5, 5.41) is 17.4. The SMILES string of the molecule is COCCOC(CC(OC(COC)OCO)C(F)(F)F)OCO. The number of rotatable bonds is 14. The number of halogens is 3. The molecule has 23 heavy (non-hydrogen) atoms. The summed E-state index contributed by atoms with van der Waals surface area (Å²) in [6, 6.07) is 0. The highest BCUT2D eigenvalue weighted by Gasteiger charge is 2.44. The van der Waals surface area contributed by atoms with E-state index in [-0.39, 0.29) is 19.8 Å². The number of hydrogen-bond donors (Lipinski definition) is 2. The average molecular weight is 352 g/mol. The van der Waals surface area contributed by atoms with Crippen molar-refractivity contribution in [2.75, 3.05) is 47.6 Å². The molecule has 0 heterocycles. The molecule has 0 saturated heterocycles. The molecule has 0 aromatic heterocycles. The Hall–Kier alpha value is -0.530. The third-order valence-corrected chi connectivity index (χ3v) is 2.50. The molecular weight excluding hydrogens is 329 g/mol. The van der Waals surface area contributed by atoms with E-state index in [2.05, 4.69) is 9.47 Å². The van der Waals surface area contributed by atoms with Gasteiger partial charge in [-0.15, -0.1) is 0 Å². The lowest BCUT2D eigenvalue weighted by atomic mass is 10.2. The highest BCUT2D eigenvalue weighted by molar-refractivity contribution is 4.71. The van der Waals surface area contributed by atoms with E-state index in [1.807, 2.05) is 0 Å². The minimum atomic E-state index is -4.74. The van der Waals surface area contributed by atoms with Gasteiger partial charge in [0.15, 0.2) is 18.7 Å². The summed E-state index contributed by atoms with van der Waals surface area (Å²) >= 11 is 0. The monoisotopic (exact) mass is 352 g/mol. The van der Waals surface area contributed by atoms with Crippen LogP contribution in [0.15, 0.2) is 0 Å². The van der Waals surface area contributed by atoms with Gasteiger partial charge < -0.3 is 38.6 Å². The van der Waals surface area contributed by atoms with E-state index in [0.717, 1.165) is 0 Å². The Kier molecular flexibility index (Phi) is 12.5. The smallest absolute Gasteiger partial charge is 0.382 e. The van der Waals surface area contributed by atoms with Crippen molar-refractivity contribution in [1.82, 2.24) is 0 Å². The summed E-state index contributed by atoms with van der Waals surface area (Å²) in [7, 11) is 2.64. The van der Waals surface area contributed by atoms with Crippen LogP contribution in [0.2, 0.25) is 0 Å². The minimum absolute atomic E-state index is 0.0274. The molecule has 0 fully saturated rings. The Balaban J connectivity index is 4.77. The molecule has 0 radical (unpaired) electrons. The maximum absolute atomic E-state index is 13.1. The van der Waals surface area contributed by atoms with E-state index >= 15 is 0 Å². The van der Waals surface area contributed by atoms with Crippen LogP contribution in [0.4, 0.5) is 13.2 Å². The molecule has 0 aromatic carbocycles. The Morgan fingerprint density at radius 2 is 1.48 bits per heavy atom. The average Bonchev–Trinajstić information content (AvgIpc) is 2.46. The van der Waals surface area contributed by atoms with Crippen molar-refractivity contribution in [3.63, 3.8) is 0 Å². The predicted octanol–water partition coefficient (Wildman–Crippen LogP) is 0.218. The lowest BCUT2D eigenvalue weighted by Gasteiger charge is -2.28. The Morgan fingerprint density at radius 1 is 0.870 bits per heavy atom. The number of aliphatic hydroxyl groups excluding tert-OH is 2. The van der Waals surface area contributed by atoms with Crippen molar-refractivity contribution in [3.05, 3.63) is 0 Å². The van der Waals surface area contributed by atoms with Crippen molar-refractivity contribution in [2.24, 2.45) is 0 Å². The van der Waals surface area contributed by atoms with Gasteiger partial charge in [-0.3, -0.25) is 0 Å². The minimum Gasteiger partial charge on any atom is -0.382 e. The fourth-order valence-corrected chi connectivity index (χ4v) is 1.50. The molecular formula is C12H23F3O8. The number of aliphatic hydroxyl groups is 2. The highest BCUT2D eigenvalue weighted by atomic mass is 19.4. The number of methoxy groups -OCH3 is 2. The molecule has 11 heteroatoms. The summed E-state index contributed by atoms with van der Waals surface area (Å²) in [4.78, 5) is 0. The van der Waals surface area contributed by atoms with Crippen LogP contribution in [-0.4, -0.2) is 82.7 Å². The zero-order valence-corrected chi connectivity index (χ0v) is 13.0. The van der Waals surface area contributed by atoms with Crippen LogP contribution in [0.3, 0.4) is 0 Å². The molecule has 0 aliphatic heterocycles. The standard InChI is InChI=1S/C12H23F3O8/c1-18-3-4-20-10(21-7-16)5-9(12(13,14)15)23-11(6-19-2)22-8-17/h9-11,16-17H,3-8H2,1-2H3. The molecule has 3 atom stereocenters. The normalized spacial score (nSPS) is 16.3. The van der Waals surface area contributed by atoms with Gasteiger partial charge in [0.25, 0.3) is 0 Å². The molecule has 0 spiro atoms. The second-order valence-electron chi connectivity index (χ2n) is 4.17. The first-order valence-electron chi connectivity index (χ1n) is 6.65. The third-order valence-electron chi connectivity index (χ3n) is 2.50. The van der Waals surface area contributed by atoms with Gasteiger partial charge in [-0.1, -0.05) is 0 Å². The molecule has 3 unspecified atom stereocenters. The van der Waals surface area contributed by atoms with E-state index in [0.29, 0.717) is 0 Å². The Labute approximate surface area is 132 Å². The van der Waals surface area contributed by atoms with Crippen LogP contribution in [0.25, 0.3) is 0 Å². The van der Waals surface area contributed by atoms with Crippen molar-refractivity contribution in [2.45, 2.75) is 31.3 Å². The molecule has 0 saturated carbocycles. The predicted molar refractivity (Wildman–Crippen MR) is 69.2 cm³/mol. The van der Waals surface area contributed by atoms with Crippen LogP contribution in [-0.2, 0) is 28.4 Å². The fraction of sp³-hybridized carbons (Fsp3) is 1.00. The van der Waals surface area contributed by atoms with Crippen molar-refractivity contribution >= 4 is 0 Å². The quantitative estimate of drug-likeness (QED) is 0.339. The van der Waals surface area contributed by atoms with E-state index in [4.69, 9.17) is 29.2 Å². The second kappa shape index (κ2) is 12.8. The fourth-order valence-electron chi connectivity index (χ4n) is 1.50. The molecule has 8 nitrogen and oxygen atoms in total. The van der Waals surface area contributed by atoms with Crippen LogP contribution >= 0.6 is 0 Å². The van der Waals surface area contributed by atoms with E-state index < -0.39 is 44.9 Å². The van der Waals surface area contributed by atoms with Crippen molar-refractivity contribution in [3.8, 4) is 0 Å². The van der Waals surface area contributed by atoms with Gasteiger partial charge in [0.05, 0.1) is 19.8 Å². The van der Waals surface area contributed by atoms with E-state index in [1.54, 1.807) is 0 Å². The first kappa shape index (κ1) is 22.5. The van der Waals surface area contributed by atoms with Gasteiger partial charge in [0.1, 0.15) is 13.6 Å². The lowest BCUT2D eigenvalue weighted by Crippen LogP contribution is -2.41. The molecule has 0 aromatic rings. The van der Waals surface area contributed by atoms with Gasteiger partial charge in [-0.2, -0.15) is 13.2 Å². The van der Waals surface area contributed by atoms with Crippen molar-refractivity contribution in [1.29, 1.82) is 0 Å². The van der Waals surface area contributed by atoms with Crippen LogP contribution in [0, 0.1) is 0 Å². The maximum Gasteiger partial charge on any atom is 0.414 e. The molecule has 0 bridgehead atoms. The largest absolute Gasteiger partial charge is 0.414 e. The number of ether oxygens (including phenoxy) is 6. The summed E-state index contributed by atoms with van der Waals surface area (Å²) in [5.41, 5.74) is 0. The molecule has 0 aliphatic rings. The summed E-state index contributed by atoms with van der Waals surface area (Å²) in [5.74, 6) is 0. The van der Waals surface area contributed by atoms with Crippen LogP contribution in [0.5, 0.6) is 0 Å². The zero-order valence-electron chi connectivity index (χ0n) is 13.0. The topological polar surface area (TPSA) is 95.8 Å². The number of alkyl halides is 3. The first-order chi connectivity index (χ1) is 10.9.